The van der Waals surface area contributed by atoms with Gasteiger partial charge < -0.3 is 14.2 Å². The lowest BCUT2D eigenvalue weighted by Gasteiger charge is -2.08. The minimum atomic E-state index is -0.391. The number of hydrogen-bond donors (Lipinski definition) is 0. The lowest BCUT2D eigenvalue weighted by molar-refractivity contribution is 0.0642. The fourth-order valence-electron chi connectivity index (χ4n) is 1.49. The average Bonchev–Trinajstić information content (AvgIpc) is 2.49. The Kier molecular flexibility index (Phi) is 9.64. The third-order valence-corrected chi connectivity index (χ3v) is 2.69. The van der Waals surface area contributed by atoms with Gasteiger partial charge in [0.1, 0.15) is 0 Å². The molecule has 0 radical (unpaired) electrons. The Hall–Kier alpha value is -1.28. The van der Waals surface area contributed by atoms with Crippen LogP contribution in [-0.2, 0) is 9.47 Å². The van der Waals surface area contributed by atoms with E-state index in [-0.39, 0.29) is 5.75 Å². The minimum Gasteiger partial charge on any atom is -0.490 e. The maximum absolute atomic E-state index is 13.6. The van der Waals surface area contributed by atoms with Crippen molar-refractivity contribution in [2.24, 2.45) is 0 Å². The Bertz CT molecular complexity index is 468. The molecule has 0 aliphatic rings. The molecule has 0 spiro atoms. The minimum absolute atomic E-state index is 0.213. The molecular formula is C16H20ClFO3. The van der Waals surface area contributed by atoms with E-state index in [1.807, 2.05) is 0 Å². The number of benzene rings is 1. The molecule has 0 bridgehead atoms. The van der Waals surface area contributed by atoms with Crippen molar-refractivity contribution in [3.63, 3.8) is 0 Å². The molecule has 1 aromatic rings. The van der Waals surface area contributed by atoms with Crippen molar-refractivity contribution in [2.45, 2.75) is 12.8 Å². The number of halogens is 2. The second-order valence-electron chi connectivity index (χ2n) is 4.19. The second-order valence-corrected chi connectivity index (χ2v) is 4.57. The van der Waals surface area contributed by atoms with Gasteiger partial charge in [-0.15, -0.1) is 11.6 Å². The summed E-state index contributed by atoms with van der Waals surface area (Å²) in [4.78, 5) is 0. The first-order chi connectivity index (χ1) is 10.3. The number of alkyl halides is 1. The number of rotatable bonds is 9. The zero-order chi connectivity index (χ0) is 15.3. The van der Waals surface area contributed by atoms with Crippen molar-refractivity contribution in [1.82, 2.24) is 0 Å². The van der Waals surface area contributed by atoms with Crippen molar-refractivity contribution >= 4 is 11.6 Å². The predicted molar refractivity (Wildman–Crippen MR) is 81.4 cm³/mol. The van der Waals surface area contributed by atoms with Crippen LogP contribution in [0, 0.1) is 17.7 Å². The molecule has 0 aromatic heterocycles. The van der Waals surface area contributed by atoms with Crippen LogP contribution in [0.3, 0.4) is 0 Å². The Balaban J connectivity index is 2.37. The highest BCUT2D eigenvalue weighted by Gasteiger charge is 2.03. The van der Waals surface area contributed by atoms with Gasteiger partial charge in [0.2, 0.25) is 0 Å². The molecular weight excluding hydrogens is 295 g/mol. The Morgan fingerprint density at radius 1 is 1.19 bits per heavy atom. The quantitative estimate of drug-likeness (QED) is 0.398. The van der Waals surface area contributed by atoms with E-state index in [1.54, 1.807) is 19.2 Å². The van der Waals surface area contributed by atoms with Gasteiger partial charge in [0, 0.05) is 38.0 Å². The standard InChI is InChI=1S/C16H20ClFO3/c1-19-11-12-20-9-4-10-21-16-13-14(5-2-3-8-17)6-7-15(16)18/h6-7,13H,3-4,8-12H2,1H3. The Morgan fingerprint density at radius 3 is 2.81 bits per heavy atom. The second kappa shape index (κ2) is 11.4. The normalized spacial score (nSPS) is 10.0. The van der Waals surface area contributed by atoms with Crippen LogP contribution in [0.2, 0.25) is 0 Å². The first-order valence-electron chi connectivity index (χ1n) is 6.81. The van der Waals surface area contributed by atoms with Crippen LogP contribution in [0.4, 0.5) is 4.39 Å². The van der Waals surface area contributed by atoms with Crippen LogP contribution in [-0.4, -0.2) is 39.4 Å². The van der Waals surface area contributed by atoms with Gasteiger partial charge in [-0.25, -0.2) is 4.39 Å². The largest absolute Gasteiger partial charge is 0.490 e. The van der Waals surface area contributed by atoms with Gasteiger partial charge in [-0.2, -0.15) is 0 Å². The Labute approximate surface area is 130 Å². The molecule has 3 nitrogen and oxygen atoms in total. The van der Waals surface area contributed by atoms with Crippen molar-refractivity contribution in [1.29, 1.82) is 0 Å². The molecule has 116 valence electrons. The molecule has 0 unspecified atom stereocenters. The van der Waals surface area contributed by atoms with Crippen LogP contribution in [0.15, 0.2) is 18.2 Å². The van der Waals surface area contributed by atoms with Gasteiger partial charge in [0.05, 0.1) is 19.8 Å². The molecule has 0 atom stereocenters. The SMILES string of the molecule is COCCOCCCOc1cc(C#CCCCl)ccc1F. The van der Waals surface area contributed by atoms with Crippen LogP contribution in [0.25, 0.3) is 0 Å². The van der Waals surface area contributed by atoms with Crippen LogP contribution in [0.1, 0.15) is 18.4 Å². The third kappa shape index (κ3) is 7.91. The van der Waals surface area contributed by atoms with Crippen molar-refractivity contribution in [3.05, 3.63) is 29.6 Å². The summed E-state index contributed by atoms with van der Waals surface area (Å²) in [6.07, 6.45) is 1.29. The molecule has 0 saturated heterocycles. The summed E-state index contributed by atoms with van der Waals surface area (Å²) in [5.41, 5.74) is 0.716. The topological polar surface area (TPSA) is 27.7 Å². The van der Waals surface area contributed by atoms with Gasteiger partial charge >= 0.3 is 0 Å². The first-order valence-corrected chi connectivity index (χ1v) is 7.35. The number of ether oxygens (including phenoxy) is 3. The zero-order valence-corrected chi connectivity index (χ0v) is 12.9. The maximum atomic E-state index is 13.6. The lowest BCUT2D eigenvalue weighted by atomic mass is 10.2. The number of methoxy groups -OCH3 is 1. The summed E-state index contributed by atoms with van der Waals surface area (Å²) >= 11 is 5.55. The molecule has 1 aromatic carbocycles. The van der Waals surface area contributed by atoms with E-state index in [4.69, 9.17) is 25.8 Å². The highest BCUT2D eigenvalue weighted by atomic mass is 35.5. The molecule has 0 aliphatic heterocycles. The van der Waals surface area contributed by atoms with Gasteiger partial charge in [0.25, 0.3) is 0 Å². The summed E-state index contributed by atoms with van der Waals surface area (Å²) in [6, 6.07) is 4.58. The van der Waals surface area contributed by atoms with E-state index in [9.17, 15) is 4.39 Å². The maximum Gasteiger partial charge on any atom is 0.165 e. The van der Waals surface area contributed by atoms with E-state index in [2.05, 4.69) is 11.8 Å². The molecule has 0 saturated carbocycles. The molecule has 0 heterocycles. The van der Waals surface area contributed by atoms with Gasteiger partial charge in [-0.1, -0.05) is 11.8 Å². The monoisotopic (exact) mass is 314 g/mol. The summed E-state index contributed by atoms with van der Waals surface area (Å²) in [7, 11) is 1.62. The van der Waals surface area contributed by atoms with Gasteiger partial charge in [-0.05, 0) is 18.2 Å². The summed E-state index contributed by atoms with van der Waals surface area (Å²) in [6.45, 7) is 2.07. The van der Waals surface area contributed by atoms with Gasteiger partial charge in [-0.3, -0.25) is 0 Å². The number of hydrogen-bond acceptors (Lipinski definition) is 3. The molecule has 21 heavy (non-hydrogen) atoms. The molecule has 1 rings (SSSR count). The molecule has 0 N–H and O–H groups in total. The third-order valence-electron chi connectivity index (χ3n) is 2.51. The fourth-order valence-corrected chi connectivity index (χ4v) is 1.59. The van der Waals surface area contributed by atoms with Crippen molar-refractivity contribution < 1.29 is 18.6 Å². The van der Waals surface area contributed by atoms with Crippen molar-refractivity contribution in [2.75, 3.05) is 39.4 Å². The zero-order valence-electron chi connectivity index (χ0n) is 12.2. The molecule has 5 heteroatoms. The highest BCUT2D eigenvalue weighted by Crippen LogP contribution is 2.18. The van der Waals surface area contributed by atoms with Crippen LogP contribution < -0.4 is 4.74 Å². The van der Waals surface area contributed by atoms with Gasteiger partial charge in [0.15, 0.2) is 11.6 Å². The summed E-state index contributed by atoms with van der Waals surface area (Å²) < 4.78 is 29.2. The molecule has 0 aliphatic carbocycles. The predicted octanol–water partition coefficient (Wildman–Crippen LogP) is 3.24. The summed E-state index contributed by atoms with van der Waals surface area (Å²) in [5.74, 6) is 6.13. The molecule has 0 fully saturated rings. The fraction of sp³-hybridized carbons (Fsp3) is 0.500. The highest BCUT2D eigenvalue weighted by molar-refractivity contribution is 6.18. The summed E-state index contributed by atoms with van der Waals surface area (Å²) in [5, 5.41) is 0. The van der Waals surface area contributed by atoms with E-state index >= 15 is 0 Å². The van der Waals surface area contributed by atoms with E-state index in [0.717, 1.165) is 0 Å². The average molecular weight is 315 g/mol. The van der Waals surface area contributed by atoms with Crippen molar-refractivity contribution in [3.8, 4) is 17.6 Å². The Morgan fingerprint density at radius 2 is 2.05 bits per heavy atom. The van der Waals surface area contributed by atoms with E-state index in [0.29, 0.717) is 50.7 Å². The first kappa shape index (κ1) is 17.8. The van der Waals surface area contributed by atoms with Crippen LogP contribution >= 0.6 is 11.6 Å². The molecule has 0 amide bonds. The lowest BCUT2D eigenvalue weighted by Crippen LogP contribution is -2.07. The van der Waals surface area contributed by atoms with Crippen LogP contribution in [0.5, 0.6) is 5.75 Å². The van der Waals surface area contributed by atoms with E-state index < -0.39 is 5.82 Å². The smallest absolute Gasteiger partial charge is 0.165 e. The van der Waals surface area contributed by atoms with E-state index in [1.165, 1.54) is 6.07 Å².